The molecule has 5 rings (SSSR count). The first-order valence-corrected chi connectivity index (χ1v) is 12.7. The van der Waals surface area contributed by atoms with Gasteiger partial charge < -0.3 is 19.0 Å². The number of amides is 1. The number of para-hydroxylation sites is 1. The van der Waals surface area contributed by atoms with Crippen molar-refractivity contribution < 1.29 is 28.6 Å². The second-order valence-corrected chi connectivity index (χ2v) is 9.78. The Morgan fingerprint density at radius 3 is 2.31 bits per heavy atom. The summed E-state index contributed by atoms with van der Waals surface area (Å²) in [5, 5.41) is 11.4. The Hall–Kier alpha value is -4.78. The van der Waals surface area contributed by atoms with Crippen molar-refractivity contribution in [3.8, 4) is 17.2 Å². The molecule has 1 aliphatic heterocycles. The molecule has 39 heavy (non-hydrogen) atoms. The molecule has 1 saturated heterocycles. The maximum Gasteiger partial charge on any atom is 0.300 e. The van der Waals surface area contributed by atoms with E-state index in [4.69, 9.17) is 13.9 Å². The zero-order valence-electron chi connectivity index (χ0n) is 22.0. The quantitative estimate of drug-likeness (QED) is 0.151. The van der Waals surface area contributed by atoms with Crippen LogP contribution >= 0.6 is 0 Å². The number of carbonyl (C=O) groups is 2. The van der Waals surface area contributed by atoms with Gasteiger partial charge in [0.1, 0.15) is 34.8 Å². The number of hydrogen-bond donors (Lipinski definition) is 1. The first-order valence-electron chi connectivity index (χ1n) is 12.7. The number of ether oxygens (including phenoxy) is 2. The van der Waals surface area contributed by atoms with Gasteiger partial charge in [0, 0.05) is 11.3 Å². The minimum atomic E-state index is -0.946. The standard InChI is InChI=1S/C32H29NO6/c1-20(2)19-38-26-16-11-22(18-21(26)3)30(34)28-29(27-10-7-17-37-27)33(32(36)31(28)35)23-12-14-25(15-13-23)39-24-8-5-4-6-9-24/h4-18,20,29,34H,19H2,1-3H3/b30-28-. The van der Waals surface area contributed by atoms with Crippen LogP contribution in [-0.2, 0) is 9.59 Å². The molecule has 4 aromatic rings. The van der Waals surface area contributed by atoms with Crippen LogP contribution in [0.5, 0.6) is 17.2 Å². The van der Waals surface area contributed by atoms with Crippen molar-refractivity contribution in [2.24, 2.45) is 5.92 Å². The maximum absolute atomic E-state index is 13.3. The molecule has 1 unspecified atom stereocenters. The molecule has 198 valence electrons. The van der Waals surface area contributed by atoms with Crippen LogP contribution in [0, 0.1) is 12.8 Å². The summed E-state index contributed by atoms with van der Waals surface area (Å²) in [6.45, 7) is 6.55. The van der Waals surface area contributed by atoms with Crippen molar-refractivity contribution >= 4 is 23.1 Å². The summed E-state index contributed by atoms with van der Waals surface area (Å²) in [4.78, 5) is 28.0. The topological polar surface area (TPSA) is 89.2 Å². The lowest BCUT2D eigenvalue weighted by atomic mass is 9.98. The Morgan fingerprint density at radius 1 is 0.949 bits per heavy atom. The fraction of sp³-hybridized carbons (Fsp3) is 0.188. The van der Waals surface area contributed by atoms with Gasteiger partial charge in [-0.25, -0.2) is 0 Å². The molecule has 0 aliphatic carbocycles. The van der Waals surface area contributed by atoms with E-state index < -0.39 is 17.7 Å². The molecule has 1 amide bonds. The van der Waals surface area contributed by atoms with Gasteiger partial charge in [0.25, 0.3) is 11.7 Å². The van der Waals surface area contributed by atoms with Crippen molar-refractivity contribution in [1.29, 1.82) is 0 Å². The van der Waals surface area contributed by atoms with E-state index in [0.29, 0.717) is 46.8 Å². The van der Waals surface area contributed by atoms with E-state index in [2.05, 4.69) is 13.8 Å². The second kappa shape index (κ2) is 10.9. The molecule has 0 saturated carbocycles. The molecular weight excluding hydrogens is 494 g/mol. The summed E-state index contributed by atoms with van der Waals surface area (Å²) in [6.07, 6.45) is 1.47. The fourth-order valence-electron chi connectivity index (χ4n) is 4.48. The number of aliphatic hydroxyl groups is 1. The number of carbonyl (C=O) groups excluding carboxylic acids is 2. The summed E-state index contributed by atoms with van der Waals surface area (Å²) in [7, 11) is 0. The first kappa shape index (κ1) is 25.9. The highest BCUT2D eigenvalue weighted by Gasteiger charge is 2.48. The van der Waals surface area contributed by atoms with Crippen LogP contribution in [0.3, 0.4) is 0 Å². The van der Waals surface area contributed by atoms with Gasteiger partial charge >= 0.3 is 0 Å². The Balaban J connectivity index is 1.51. The minimum Gasteiger partial charge on any atom is -0.507 e. The largest absolute Gasteiger partial charge is 0.507 e. The van der Waals surface area contributed by atoms with Crippen LogP contribution in [0.4, 0.5) is 5.69 Å². The number of benzene rings is 3. The molecule has 0 radical (unpaired) electrons. The van der Waals surface area contributed by atoms with Gasteiger partial charge in [-0.3, -0.25) is 14.5 Å². The van der Waals surface area contributed by atoms with Crippen LogP contribution in [0.1, 0.15) is 36.8 Å². The predicted molar refractivity (Wildman–Crippen MR) is 148 cm³/mol. The predicted octanol–water partition coefficient (Wildman–Crippen LogP) is 7.04. The maximum atomic E-state index is 13.3. The van der Waals surface area contributed by atoms with Gasteiger partial charge in [0.05, 0.1) is 18.4 Å². The Morgan fingerprint density at radius 2 is 1.67 bits per heavy atom. The van der Waals surface area contributed by atoms with Crippen molar-refractivity contribution in [2.75, 3.05) is 11.5 Å². The van der Waals surface area contributed by atoms with Crippen LogP contribution < -0.4 is 14.4 Å². The van der Waals surface area contributed by atoms with Crippen molar-refractivity contribution in [2.45, 2.75) is 26.8 Å². The van der Waals surface area contributed by atoms with E-state index in [9.17, 15) is 14.7 Å². The molecule has 0 spiro atoms. The van der Waals surface area contributed by atoms with Crippen LogP contribution in [-0.4, -0.2) is 23.4 Å². The van der Waals surface area contributed by atoms with Gasteiger partial charge in [-0.1, -0.05) is 32.0 Å². The molecule has 1 fully saturated rings. The normalized spacial score (nSPS) is 16.6. The van der Waals surface area contributed by atoms with E-state index >= 15 is 0 Å². The number of Topliss-reactive ketones (excluding diaryl/α,β-unsaturated/α-hetero) is 1. The summed E-state index contributed by atoms with van der Waals surface area (Å²) < 4.78 is 17.4. The number of aryl methyl sites for hydroxylation is 1. The van der Waals surface area contributed by atoms with Gasteiger partial charge in [-0.15, -0.1) is 0 Å². The van der Waals surface area contributed by atoms with Gasteiger partial charge in [0.15, 0.2) is 0 Å². The average molecular weight is 524 g/mol. The van der Waals surface area contributed by atoms with E-state index in [-0.39, 0.29) is 11.3 Å². The molecule has 3 aromatic carbocycles. The van der Waals surface area contributed by atoms with E-state index in [1.165, 1.54) is 11.2 Å². The number of aliphatic hydroxyl groups excluding tert-OH is 1. The Kier molecular flexibility index (Phi) is 7.23. The summed E-state index contributed by atoms with van der Waals surface area (Å²) in [5.41, 5.74) is 1.63. The molecule has 7 nitrogen and oxygen atoms in total. The number of rotatable bonds is 8. The fourth-order valence-corrected chi connectivity index (χ4v) is 4.48. The van der Waals surface area contributed by atoms with Crippen LogP contribution in [0.15, 0.2) is 101 Å². The van der Waals surface area contributed by atoms with E-state index in [1.54, 1.807) is 54.6 Å². The molecule has 1 aromatic heterocycles. The first-order chi connectivity index (χ1) is 18.8. The van der Waals surface area contributed by atoms with Crippen molar-refractivity contribution in [3.05, 3.63) is 114 Å². The highest BCUT2D eigenvalue weighted by molar-refractivity contribution is 6.51. The number of hydrogen-bond acceptors (Lipinski definition) is 6. The van der Waals surface area contributed by atoms with E-state index in [1.807, 2.05) is 37.3 Å². The minimum absolute atomic E-state index is 0.0465. The molecule has 1 atom stereocenters. The lowest BCUT2D eigenvalue weighted by Crippen LogP contribution is -2.29. The summed E-state index contributed by atoms with van der Waals surface area (Å²) in [6, 6.07) is 23.8. The van der Waals surface area contributed by atoms with Crippen LogP contribution in [0.2, 0.25) is 0 Å². The third-order valence-corrected chi connectivity index (χ3v) is 6.37. The molecule has 1 N–H and O–H groups in total. The molecule has 0 bridgehead atoms. The van der Waals surface area contributed by atoms with Gasteiger partial charge in [0.2, 0.25) is 0 Å². The van der Waals surface area contributed by atoms with Gasteiger partial charge in [-0.05, 0) is 85.1 Å². The lowest BCUT2D eigenvalue weighted by Gasteiger charge is -2.23. The third-order valence-electron chi connectivity index (χ3n) is 6.37. The molecule has 1 aliphatic rings. The highest BCUT2D eigenvalue weighted by atomic mass is 16.5. The zero-order valence-corrected chi connectivity index (χ0v) is 22.0. The number of ketones is 1. The SMILES string of the molecule is Cc1cc(/C(O)=C2/C(=O)C(=O)N(c3ccc(Oc4ccccc4)cc3)C2c2ccco2)ccc1OCC(C)C. The molecule has 2 heterocycles. The summed E-state index contributed by atoms with van der Waals surface area (Å²) in [5.74, 6) is 0.832. The average Bonchev–Trinajstić information content (AvgIpc) is 3.55. The smallest absolute Gasteiger partial charge is 0.300 e. The number of nitrogens with zero attached hydrogens (tertiary/aromatic N) is 1. The van der Waals surface area contributed by atoms with E-state index in [0.717, 1.165) is 5.56 Å². The zero-order chi connectivity index (χ0) is 27.5. The Bertz CT molecular complexity index is 1500. The van der Waals surface area contributed by atoms with Gasteiger partial charge in [-0.2, -0.15) is 0 Å². The molecule has 7 heteroatoms. The summed E-state index contributed by atoms with van der Waals surface area (Å²) >= 11 is 0. The highest BCUT2D eigenvalue weighted by Crippen LogP contribution is 2.43. The number of anilines is 1. The monoisotopic (exact) mass is 523 g/mol. The van der Waals surface area contributed by atoms with Crippen molar-refractivity contribution in [1.82, 2.24) is 0 Å². The van der Waals surface area contributed by atoms with Crippen LogP contribution in [0.25, 0.3) is 5.76 Å². The van der Waals surface area contributed by atoms with Crippen molar-refractivity contribution in [3.63, 3.8) is 0 Å². The Labute approximate surface area is 226 Å². The third kappa shape index (κ3) is 5.29. The lowest BCUT2D eigenvalue weighted by molar-refractivity contribution is -0.132. The number of furan rings is 1. The second-order valence-electron chi connectivity index (χ2n) is 9.78. The molecular formula is C32H29NO6.